The van der Waals surface area contributed by atoms with Crippen molar-refractivity contribution in [3.63, 3.8) is 0 Å². The standard InChI is InChI=1S/C28H19BrCl2N2O5/c29-20-5-3-19(4-6-20)27(35)36-23-11-1-18(2-12-23)17-32-33-26(34)28(37-24-13-7-21(30)8-14-24)38-25-15-9-22(31)10-16-25/h1-17,28H,(H,33,34)/b32-17-. The summed E-state index contributed by atoms with van der Waals surface area (Å²) in [5, 5.41) is 5.03. The minimum absolute atomic E-state index is 0.367. The average molecular weight is 614 g/mol. The number of hydrogen-bond donors (Lipinski definition) is 1. The molecule has 1 N–H and O–H groups in total. The molecule has 0 atom stereocenters. The second-order valence-corrected chi connectivity index (χ2v) is 9.46. The number of hydrogen-bond acceptors (Lipinski definition) is 6. The van der Waals surface area contributed by atoms with E-state index in [2.05, 4.69) is 26.5 Å². The van der Waals surface area contributed by atoms with Gasteiger partial charge in [-0.05, 0) is 103 Å². The van der Waals surface area contributed by atoms with E-state index in [0.717, 1.165) is 4.47 Å². The van der Waals surface area contributed by atoms with Gasteiger partial charge in [0.15, 0.2) is 0 Å². The quantitative estimate of drug-likeness (QED) is 0.0729. The molecule has 0 radical (unpaired) electrons. The van der Waals surface area contributed by atoms with Crippen molar-refractivity contribution in [3.8, 4) is 17.2 Å². The Morgan fingerprint density at radius 3 is 1.76 bits per heavy atom. The fourth-order valence-corrected chi connectivity index (χ4v) is 3.52. The Bertz CT molecular complexity index is 1360. The van der Waals surface area contributed by atoms with Crippen molar-refractivity contribution in [1.82, 2.24) is 5.43 Å². The molecule has 0 bridgehead atoms. The summed E-state index contributed by atoms with van der Waals surface area (Å²) >= 11 is 15.2. The van der Waals surface area contributed by atoms with Crippen LogP contribution in [0.25, 0.3) is 0 Å². The third-order valence-electron chi connectivity index (χ3n) is 4.89. The maximum atomic E-state index is 12.8. The Kier molecular flexibility index (Phi) is 9.37. The van der Waals surface area contributed by atoms with Gasteiger partial charge in [-0.2, -0.15) is 5.10 Å². The van der Waals surface area contributed by atoms with Gasteiger partial charge in [0.1, 0.15) is 17.2 Å². The second-order valence-electron chi connectivity index (χ2n) is 7.68. The molecule has 10 heteroatoms. The molecule has 38 heavy (non-hydrogen) atoms. The molecule has 0 saturated carbocycles. The highest BCUT2D eigenvalue weighted by Gasteiger charge is 2.22. The van der Waals surface area contributed by atoms with Crippen molar-refractivity contribution in [2.24, 2.45) is 5.10 Å². The molecule has 0 aromatic heterocycles. The summed E-state index contributed by atoms with van der Waals surface area (Å²) in [4.78, 5) is 25.1. The average Bonchev–Trinajstić information content (AvgIpc) is 2.92. The van der Waals surface area contributed by atoms with E-state index < -0.39 is 18.2 Å². The monoisotopic (exact) mass is 612 g/mol. The van der Waals surface area contributed by atoms with Gasteiger partial charge in [-0.15, -0.1) is 0 Å². The smallest absolute Gasteiger partial charge is 0.343 e. The van der Waals surface area contributed by atoms with E-state index in [-0.39, 0.29) is 0 Å². The van der Waals surface area contributed by atoms with E-state index >= 15 is 0 Å². The van der Waals surface area contributed by atoms with E-state index in [1.54, 1.807) is 97.1 Å². The van der Waals surface area contributed by atoms with Gasteiger partial charge < -0.3 is 14.2 Å². The van der Waals surface area contributed by atoms with E-state index in [9.17, 15) is 9.59 Å². The zero-order valence-corrected chi connectivity index (χ0v) is 22.6. The molecule has 4 rings (SSSR count). The maximum absolute atomic E-state index is 12.8. The molecule has 0 unspecified atom stereocenters. The van der Waals surface area contributed by atoms with Crippen LogP contribution in [-0.2, 0) is 4.79 Å². The van der Waals surface area contributed by atoms with Crippen molar-refractivity contribution >= 4 is 57.2 Å². The van der Waals surface area contributed by atoms with Crippen LogP contribution in [0.2, 0.25) is 10.0 Å². The molecule has 7 nitrogen and oxygen atoms in total. The third kappa shape index (κ3) is 8.08. The van der Waals surface area contributed by atoms with Crippen molar-refractivity contribution < 1.29 is 23.8 Å². The van der Waals surface area contributed by atoms with Crippen LogP contribution in [0.4, 0.5) is 0 Å². The Morgan fingerprint density at radius 2 is 1.24 bits per heavy atom. The summed E-state index contributed by atoms with van der Waals surface area (Å²) in [6.07, 6.45) is 0.0785. The molecule has 0 fully saturated rings. The molecule has 0 saturated heterocycles. The fourth-order valence-electron chi connectivity index (χ4n) is 3.00. The number of ether oxygens (including phenoxy) is 3. The van der Waals surface area contributed by atoms with Crippen molar-refractivity contribution in [2.45, 2.75) is 6.29 Å². The van der Waals surface area contributed by atoms with Crippen LogP contribution in [0.15, 0.2) is 107 Å². The van der Waals surface area contributed by atoms with Crippen LogP contribution in [0, 0.1) is 0 Å². The molecule has 4 aromatic carbocycles. The van der Waals surface area contributed by atoms with Crippen LogP contribution in [-0.4, -0.2) is 24.4 Å². The van der Waals surface area contributed by atoms with Crippen molar-refractivity contribution in [2.75, 3.05) is 0 Å². The van der Waals surface area contributed by atoms with Gasteiger partial charge in [0.25, 0.3) is 0 Å². The van der Waals surface area contributed by atoms with Crippen LogP contribution in [0.3, 0.4) is 0 Å². The lowest BCUT2D eigenvalue weighted by Crippen LogP contribution is -2.40. The van der Waals surface area contributed by atoms with Gasteiger partial charge in [-0.25, -0.2) is 10.2 Å². The van der Waals surface area contributed by atoms with E-state index in [4.69, 9.17) is 37.4 Å². The lowest BCUT2D eigenvalue weighted by Gasteiger charge is -2.19. The normalized spacial score (nSPS) is 10.8. The molecular formula is C28H19BrCl2N2O5. The highest BCUT2D eigenvalue weighted by molar-refractivity contribution is 9.10. The van der Waals surface area contributed by atoms with Crippen LogP contribution in [0.5, 0.6) is 17.2 Å². The van der Waals surface area contributed by atoms with Gasteiger partial charge in [-0.3, -0.25) is 4.79 Å². The highest BCUT2D eigenvalue weighted by Crippen LogP contribution is 2.21. The molecular weight excluding hydrogens is 595 g/mol. The largest absolute Gasteiger partial charge is 0.446 e. The minimum atomic E-state index is -1.35. The number of nitrogens with one attached hydrogen (secondary N) is 1. The van der Waals surface area contributed by atoms with Gasteiger partial charge >= 0.3 is 18.2 Å². The zero-order chi connectivity index (χ0) is 26.9. The van der Waals surface area contributed by atoms with Gasteiger partial charge in [0, 0.05) is 14.5 Å². The summed E-state index contributed by atoms with van der Waals surface area (Å²) in [6, 6.07) is 26.4. The first kappa shape index (κ1) is 27.2. The molecule has 1 amide bonds. The number of nitrogens with zero attached hydrogens (tertiary/aromatic N) is 1. The zero-order valence-electron chi connectivity index (χ0n) is 19.5. The number of esters is 1. The van der Waals surface area contributed by atoms with Crippen molar-refractivity contribution in [3.05, 3.63) is 123 Å². The number of carbonyl (C=O) groups excluding carboxylic acids is 2. The Labute approximate surface area is 237 Å². The molecule has 192 valence electrons. The summed E-state index contributed by atoms with van der Waals surface area (Å²) in [5.74, 6) is -0.00164. The summed E-state index contributed by atoms with van der Waals surface area (Å²) in [6.45, 7) is 0. The van der Waals surface area contributed by atoms with E-state index in [1.165, 1.54) is 6.21 Å². The number of carbonyl (C=O) groups is 2. The predicted molar refractivity (Wildman–Crippen MR) is 149 cm³/mol. The molecule has 0 aliphatic heterocycles. The van der Waals surface area contributed by atoms with Gasteiger partial charge in [0.2, 0.25) is 0 Å². The minimum Gasteiger partial charge on any atom is -0.446 e. The first-order chi connectivity index (χ1) is 18.4. The highest BCUT2D eigenvalue weighted by atomic mass is 79.9. The number of rotatable bonds is 9. The number of benzene rings is 4. The van der Waals surface area contributed by atoms with Crippen LogP contribution in [0.1, 0.15) is 15.9 Å². The Morgan fingerprint density at radius 1 is 0.737 bits per heavy atom. The lowest BCUT2D eigenvalue weighted by atomic mass is 10.2. The topological polar surface area (TPSA) is 86.2 Å². The summed E-state index contributed by atoms with van der Waals surface area (Å²) < 4.78 is 17.7. The maximum Gasteiger partial charge on any atom is 0.343 e. The molecule has 0 spiro atoms. The third-order valence-corrected chi connectivity index (χ3v) is 5.92. The first-order valence-corrected chi connectivity index (χ1v) is 12.7. The predicted octanol–water partition coefficient (Wildman–Crippen LogP) is 6.91. The Hall–Kier alpha value is -3.85. The van der Waals surface area contributed by atoms with Gasteiger partial charge in [-0.1, -0.05) is 39.1 Å². The fraction of sp³-hybridized carbons (Fsp3) is 0.0357. The number of halogens is 3. The summed E-state index contributed by atoms with van der Waals surface area (Å²) in [7, 11) is 0. The molecule has 0 heterocycles. The molecule has 0 aliphatic rings. The molecule has 4 aromatic rings. The Balaban J connectivity index is 1.37. The molecule has 0 aliphatic carbocycles. The number of hydrazone groups is 1. The first-order valence-electron chi connectivity index (χ1n) is 11.1. The SMILES string of the molecule is O=C(Oc1ccc(/C=N\NC(=O)C(Oc2ccc(Cl)cc2)Oc2ccc(Cl)cc2)cc1)c1ccc(Br)cc1. The summed E-state index contributed by atoms with van der Waals surface area (Å²) in [5.41, 5.74) is 3.49. The van der Waals surface area contributed by atoms with Crippen LogP contribution < -0.4 is 19.6 Å². The lowest BCUT2D eigenvalue weighted by molar-refractivity contribution is -0.140. The van der Waals surface area contributed by atoms with Crippen molar-refractivity contribution in [1.29, 1.82) is 0 Å². The number of amides is 1. The van der Waals surface area contributed by atoms with Gasteiger partial charge in [0.05, 0.1) is 11.8 Å². The van der Waals surface area contributed by atoms with Crippen LogP contribution >= 0.6 is 39.1 Å². The van der Waals surface area contributed by atoms with E-state index in [0.29, 0.717) is 38.4 Å². The van der Waals surface area contributed by atoms with E-state index in [1.807, 2.05) is 0 Å². The second kappa shape index (κ2) is 13.1.